The predicted octanol–water partition coefficient (Wildman–Crippen LogP) is 3.46. The van der Waals surface area contributed by atoms with Crippen LogP contribution in [0.1, 0.15) is 30.0 Å². The highest BCUT2D eigenvalue weighted by Crippen LogP contribution is 2.31. The Balaban J connectivity index is 2.07. The molecule has 0 aliphatic carbocycles. The largest absolute Gasteiger partial charge is 0.493 e. The van der Waals surface area contributed by atoms with Crippen LogP contribution in [0.2, 0.25) is 0 Å². The molecule has 0 fully saturated rings. The smallest absolute Gasteiger partial charge is 0.165 e. The second-order valence-electron chi connectivity index (χ2n) is 4.70. The summed E-state index contributed by atoms with van der Waals surface area (Å²) < 4.78 is 16.3. The number of hydrogen-bond donors (Lipinski definition) is 1. The van der Waals surface area contributed by atoms with Crippen molar-refractivity contribution in [2.75, 3.05) is 14.2 Å². The summed E-state index contributed by atoms with van der Waals surface area (Å²) in [6.07, 6.45) is 0. The Morgan fingerprint density at radius 2 is 1.95 bits per heavy atom. The van der Waals surface area contributed by atoms with E-state index in [9.17, 15) is 0 Å². The van der Waals surface area contributed by atoms with E-state index in [2.05, 4.69) is 12.2 Å². The van der Waals surface area contributed by atoms with Crippen LogP contribution in [0.15, 0.2) is 34.7 Å². The average Bonchev–Trinajstić information content (AvgIpc) is 2.90. The van der Waals surface area contributed by atoms with Crippen molar-refractivity contribution < 1.29 is 13.9 Å². The normalized spacial score (nSPS) is 12.2. The van der Waals surface area contributed by atoms with Crippen molar-refractivity contribution in [3.05, 3.63) is 47.4 Å². The Morgan fingerprint density at radius 1 is 1.15 bits per heavy atom. The van der Waals surface area contributed by atoms with E-state index < -0.39 is 0 Å². The average molecular weight is 275 g/mol. The minimum absolute atomic E-state index is 0.139. The van der Waals surface area contributed by atoms with Crippen LogP contribution in [0.5, 0.6) is 11.5 Å². The number of nitrogens with one attached hydrogen (secondary N) is 1. The van der Waals surface area contributed by atoms with E-state index in [4.69, 9.17) is 13.9 Å². The zero-order valence-corrected chi connectivity index (χ0v) is 12.4. The number of rotatable bonds is 6. The summed E-state index contributed by atoms with van der Waals surface area (Å²) in [7, 11) is 3.30. The molecule has 1 aromatic heterocycles. The molecule has 1 heterocycles. The van der Waals surface area contributed by atoms with Crippen molar-refractivity contribution in [3.8, 4) is 11.5 Å². The molecule has 1 aromatic carbocycles. The van der Waals surface area contributed by atoms with Gasteiger partial charge in [-0.2, -0.15) is 0 Å². The zero-order chi connectivity index (χ0) is 14.5. The highest BCUT2D eigenvalue weighted by molar-refractivity contribution is 5.46. The van der Waals surface area contributed by atoms with Crippen LogP contribution in [-0.4, -0.2) is 14.2 Å². The molecule has 0 amide bonds. The number of furan rings is 1. The Labute approximate surface area is 119 Å². The number of hydrogen-bond acceptors (Lipinski definition) is 4. The van der Waals surface area contributed by atoms with Crippen molar-refractivity contribution in [1.82, 2.24) is 5.32 Å². The highest BCUT2D eigenvalue weighted by Gasteiger charge is 2.12. The molecule has 1 unspecified atom stereocenters. The molecule has 0 aliphatic heterocycles. The lowest BCUT2D eigenvalue weighted by molar-refractivity contribution is 0.348. The Morgan fingerprint density at radius 3 is 2.55 bits per heavy atom. The first-order valence-electron chi connectivity index (χ1n) is 6.65. The van der Waals surface area contributed by atoms with Gasteiger partial charge in [0.05, 0.1) is 20.3 Å². The molecule has 0 bridgehead atoms. The number of ether oxygens (including phenoxy) is 2. The van der Waals surface area contributed by atoms with Gasteiger partial charge >= 0.3 is 0 Å². The lowest BCUT2D eigenvalue weighted by atomic mass is 10.1. The van der Waals surface area contributed by atoms with Crippen molar-refractivity contribution in [3.63, 3.8) is 0 Å². The van der Waals surface area contributed by atoms with Crippen molar-refractivity contribution in [1.29, 1.82) is 0 Å². The molecule has 108 valence electrons. The van der Waals surface area contributed by atoms with Gasteiger partial charge in [0.15, 0.2) is 11.5 Å². The molecular formula is C16H21NO3. The third-order valence-corrected chi connectivity index (χ3v) is 3.27. The van der Waals surface area contributed by atoms with Crippen LogP contribution in [0.3, 0.4) is 0 Å². The number of methoxy groups -OCH3 is 2. The lowest BCUT2D eigenvalue weighted by Gasteiger charge is -2.15. The monoisotopic (exact) mass is 275 g/mol. The van der Waals surface area contributed by atoms with E-state index in [1.165, 1.54) is 0 Å². The Bertz CT molecular complexity index is 563. The standard InChI is InChI=1S/C16H21NO3/c1-11-8-9-14(20-11)12(2)17-10-13-6-5-7-15(18-3)16(13)19-4/h5-9,12,17H,10H2,1-4H3. The van der Waals surface area contributed by atoms with E-state index in [1.54, 1.807) is 14.2 Å². The fourth-order valence-corrected chi connectivity index (χ4v) is 2.14. The van der Waals surface area contributed by atoms with Crippen LogP contribution < -0.4 is 14.8 Å². The molecule has 20 heavy (non-hydrogen) atoms. The second-order valence-corrected chi connectivity index (χ2v) is 4.70. The van der Waals surface area contributed by atoms with Crippen molar-refractivity contribution in [2.24, 2.45) is 0 Å². The van der Waals surface area contributed by atoms with E-state index in [0.717, 1.165) is 28.6 Å². The summed E-state index contributed by atoms with van der Waals surface area (Å²) in [4.78, 5) is 0. The van der Waals surface area contributed by atoms with Gasteiger partial charge in [-0.15, -0.1) is 0 Å². The second kappa shape index (κ2) is 6.48. The summed E-state index contributed by atoms with van der Waals surface area (Å²) in [5.41, 5.74) is 1.06. The van der Waals surface area contributed by atoms with Gasteiger partial charge in [-0.25, -0.2) is 0 Å². The summed E-state index contributed by atoms with van der Waals surface area (Å²) in [5.74, 6) is 3.37. The Hall–Kier alpha value is -1.94. The number of aryl methyl sites for hydroxylation is 1. The van der Waals surface area contributed by atoms with Gasteiger partial charge in [-0.3, -0.25) is 0 Å². The maximum atomic E-state index is 5.62. The topological polar surface area (TPSA) is 43.6 Å². The minimum Gasteiger partial charge on any atom is -0.493 e. The first kappa shape index (κ1) is 14.5. The molecule has 0 saturated carbocycles. The molecule has 0 aliphatic rings. The maximum Gasteiger partial charge on any atom is 0.165 e. The molecule has 0 saturated heterocycles. The SMILES string of the molecule is COc1cccc(CNC(C)c2ccc(C)o2)c1OC. The van der Waals surface area contributed by atoms with E-state index >= 15 is 0 Å². The third-order valence-electron chi connectivity index (χ3n) is 3.27. The van der Waals surface area contributed by atoms with E-state index in [1.807, 2.05) is 37.3 Å². The van der Waals surface area contributed by atoms with E-state index in [-0.39, 0.29) is 6.04 Å². The third kappa shape index (κ3) is 3.14. The molecule has 0 radical (unpaired) electrons. The first-order chi connectivity index (χ1) is 9.65. The highest BCUT2D eigenvalue weighted by atomic mass is 16.5. The molecule has 2 rings (SSSR count). The predicted molar refractivity (Wildman–Crippen MR) is 78.2 cm³/mol. The van der Waals surface area contributed by atoms with Gasteiger partial charge in [0, 0.05) is 12.1 Å². The summed E-state index contributed by atoms with van der Waals surface area (Å²) in [6.45, 7) is 4.70. The molecule has 4 nitrogen and oxygen atoms in total. The minimum atomic E-state index is 0.139. The number of benzene rings is 1. The number of para-hydroxylation sites is 1. The molecule has 2 aromatic rings. The molecule has 1 atom stereocenters. The van der Waals surface area contributed by atoms with Gasteiger partial charge in [0.1, 0.15) is 11.5 Å². The van der Waals surface area contributed by atoms with Crippen molar-refractivity contribution >= 4 is 0 Å². The van der Waals surface area contributed by atoms with Gasteiger partial charge in [-0.05, 0) is 32.0 Å². The van der Waals surface area contributed by atoms with Gasteiger partial charge < -0.3 is 19.2 Å². The van der Waals surface area contributed by atoms with Crippen LogP contribution >= 0.6 is 0 Å². The van der Waals surface area contributed by atoms with Crippen LogP contribution in [0.4, 0.5) is 0 Å². The zero-order valence-electron chi connectivity index (χ0n) is 12.4. The van der Waals surface area contributed by atoms with E-state index in [0.29, 0.717) is 6.54 Å². The first-order valence-corrected chi connectivity index (χ1v) is 6.65. The molecule has 1 N–H and O–H groups in total. The van der Waals surface area contributed by atoms with Gasteiger partial charge in [0.25, 0.3) is 0 Å². The summed E-state index contributed by atoms with van der Waals surface area (Å²) >= 11 is 0. The van der Waals surface area contributed by atoms with Gasteiger partial charge in [-0.1, -0.05) is 12.1 Å². The van der Waals surface area contributed by atoms with Gasteiger partial charge in [0.2, 0.25) is 0 Å². The van der Waals surface area contributed by atoms with Crippen molar-refractivity contribution in [2.45, 2.75) is 26.4 Å². The van der Waals surface area contributed by atoms with Crippen LogP contribution in [-0.2, 0) is 6.54 Å². The summed E-state index contributed by atoms with van der Waals surface area (Å²) in [5, 5.41) is 3.43. The Kier molecular flexibility index (Phi) is 4.69. The fourth-order valence-electron chi connectivity index (χ4n) is 2.14. The molecule has 4 heteroatoms. The fraction of sp³-hybridized carbons (Fsp3) is 0.375. The quantitative estimate of drug-likeness (QED) is 0.877. The lowest BCUT2D eigenvalue weighted by Crippen LogP contribution is -2.18. The molecular weight excluding hydrogens is 254 g/mol. The van der Waals surface area contributed by atoms with Crippen LogP contribution in [0, 0.1) is 6.92 Å². The summed E-state index contributed by atoms with van der Waals surface area (Å²) in [6, 6.07) is 9.98. The molecule has 0 spiro atoms. The maximum absolute atomic E-state index is 5.62. The van der Waals surface area contributed by atoms with Crippen LogP contribution in [0.25, 0.3) is 0 Å².